The lowest BCUT2D eigenvalue weighted by molar-refractivity contribution is -0.239. The molecule has 3 heterocycles. The van der Waals surface area contributed by atoms with Crippen molar-refractivity contribution in [1.29, 1.82) is 0 Å². The van der Waals surface area contributed by atoms with Crippen LogP contribution < -0.4 is 0 Å². The fourth-order valence-corrected chi connectivity index (χ4v) is 4.16. The van der Waals surface area contributed by atoms with Crippen molar-refractivity contribution in [3.8, 4) is 0 Å². The standard InChI is InChI=1S/C23H30O9/c1-14(24)28-16(13-27-17-11-7-8-12-26-17)18-19(20-22(30-18)32-23(2,3)31-20)29-21(25)15-9-5-4-6-10-15/h4-6,9-10,16-20,22H,7-8,11-13H2,1-3H3/t16-,17?,18-,19+,20-,22-/m0/s1. The number of benzene rings is 1. The Hall–Kier alpha value is -2.04. The van der Waals surface area contributed by atoms with Gasteiger partial charge in [-0.2, -0.15) is 0 Å². The lowest BCUT2D eigenvalue weighted by Gasteiger charge is -2.31. The van der Waals surface area contributed by atoms with Crippen LogP contribution in [0.3, 0.4) is 0 Å². The van der Waals surface area contributed by atoms with E-state index in [4.69, 9.17) is 33.2 Å². The zero-order valence-corrected chi connectivity index (χ0v) is 18.6. The van der Waals surface area contributed by atoms with Gasteiger partial charge in [0.15, 0.2) is 36.7 Å². The van der Waals surface area contributed by atoms with Crippen LogP contribution >= 0.6 is 0 Å². The average Bonchev–Trinajstić information content (AvgIpc) is 3.24. The number of rotatable bonds is 7. The van der Waals surface area contributed by atoms with Crippen LogP contribution in [0.5, 0.6) is 0 Å². The van der Waals surface area contributed by atoms with Gasteiger partial charge in [0, 0.05) is 13.5 Å². The lowest BCUT2D eigenvalue weighted by Crippen LogP contribution is -2.47. The molecule has 0 N–H and O–H groups in total. The van der Waals surface area contributed by atoms with Crippen molar-refractivity contribution >= 4 is 11.9 Å². The minimum atomic E-state index is -0.902. The second-order valence-electron chi connectivity index (χ2n) is 8.58. The van der Waals surface area contributed by atoms with Crippen LogP contribution in [0.1, 0.15) is 50.4 Å². The molecule has 4 rings (SSSR count). The molecule has 0 amide bonds. The van der Waals surface area contributed by atoms with E-state index in [0.29, 0.717) is 12.2 Å². The second-order valence-corrected chi connectivity index (χ2v) is 8.58. The highest BCUT2D eigenvalue weighted by molar-refractivity contribution is 5.89. The minimum absolute atomic E-state index is 0.0249. The summed E-state index contributed by atoms with van der Waals surface area (Å²) in [6, 6.07) is 8.63. The Morgan fingerprint density at radius 2 is 1.94 bits per heavy atom. The zero-order valence-electron chi connectivity index (χ0n) is 18.6. The first-order valence-electron chi connectivity index (χ1n) is 11.0. The normalized spacial score (nSPS) is 32.2. The Balaban J connectivity index is 1.52. The van der Waals surface area contributed by atoms with Gasteiger partial charge >= 0.3 is 11.9 Å². The third-order valence-corrected chi connectivity index (χ3v) is 5.55. The highest BCUT2D eigenvalue weighted by atomic mass is 16.8. The van der Waals surface area contributed by atoms with E-state index >= 15 is 0 Å². The maximum atomic E-state index is 12.8. The fraction of sp³-hybridized carbons (Fsp3) is 0.652. The second kappa shape index (κ2) is 9.84. The summed E-state index contributed by atoms with van der Waals surface area (Å²) in [6.45, 7) is 5.47. The topological polar surface area (TPSA) is 98.8 Å². The first-order valence-corrected chi connectivity index (χ1v) is 11.0. The molecule has 6 atom stereocenters. The summed E-state index contributed by atoms with van der Waals surface area (Å²) in [5.41, 5.74) is 0.392. The Labute approximate surface area is 187 Å². The van der Waals surface area contributed by atoms with E-state index in [9.17, 15) is 9.59 Å². The van der Waals surface area contributed by atoms with Crippen molar-refractivity contribution in [2.24, 2.45) is 0 Å². The molecule has 0 radical (unpaired) electrons. The van der Waals surface area contributed by atoms with Gasteiger partial charge in [-0.05, 0) is 45.2 Å². The molecule has 0 aromatic heterocycles. The van der Waals surface area contributed by atoms with Crippen LogP contribution in [0.4, 0.5) is 0 Å². The van der Waals surface area contributed by atoms with Gasteiger partial charge in [0.1, 0.15) is 6.10 Å². The Kier molecular flexibility index (Phi) is 7.11. The first-order chi connectivity index (χ1) is 15.3. The quantitative estimate of drug-likeness (QED) is 0.580. The maximum Gasteiger partial charge on any atom is 0.338 e. The maximum absolute atomic E-state index is 12.8. The summed E-state index contributed by atoms with van der Waals surface area (Å²) in [7, 11) is 0. The van der Waals surface area contributed by atoms with Gasteiger partial charge in [-0.3, -0.25) is 4.79 Å². The van der Waals surface area contributed by atoms with Crippen LogP contribution in [0.15, 0.2) is 30.3 Å². The molecule has 0 saturated carbocycles. The summed E-state index contributed by atoms with van der Waals surface area (Å²) in [4.78, 5) is 24.6. The molecule has 9 heteroatoms. The van der Waals surface area contributed by atoms with Crippen molar-refractivity contribution in [2.75, 3.05) is 13.2 Å². The van der Waals surface area contributed by atoms with E-state index in [1.807, 2.05) is 6.07 Å². The molecule has 3 saturated heterocycles. The summed E-state index contributed by atoms with van der Waals surface area (Å²) in [5, 5.41) is 0. The smallest absolute Gasteiger partial charge is 0.338 e. The molecule has 1 unspecified atom stereocenters. The van der Waals surface area contributed by atoms with E-state index in [2.05, 4.69) is 0 Å². The molecule has 0 spiro atoms. The van der Waals surface area contributed by atoms with Gasteiger partial charge in [0.05, 0.1) is 12.2 Å². The van der Waals surface area contributed by atoms with Crippen LogP contribution in [0.2, 0.25) is 0 Å². The summed E-state index contributed by atoms with van der Waals surface area (Å²) < 4.78 is 40.7. The van der Waals surface area contributed by atoms with Gasteiger partial charge in [-0.15, -0.1) is 0 Å². The van der Waals surface area contributed by atoms with Crippen molar-refractivity contribution in [2.45, 2.75) is 82.8 Å². The minimum Gasteiger partial charge on any atom is -0.457 e. The van der Waals surface area contributed by atoms with E-state index in [1.54, 1.807) is 38.1 Å². The molecule has 3 fully saturated rings. The number of carbonyl (C=O) groups excluding carboxylic acids is 2. The highest BCUT2D eigenvalue weighted by Crippen LogP contribution is 2.40. The fourth-order valence-electron chi connectivity index (χ4n) is 4.16. The van der Waals surface area contributed by atoms with Crippen LogP contribution in [0, 0.1) is 0 Å². The summed E-state index contributed by atoms with van der Waals surface area (Å²) >= 11 is 0. The largest absolute Gasteiger partial charge is 0.457 e. The number of hydrogen-bond acceptors (Lipinski definition) is 9. The number of fused-ring (bicyclic) bond motifs is 1. The lowest BCUT2D eigenvalue weighted by atomic mass is 10.1. The third-order valence-electron chi connectivity index (χ3n) is 5.55. The third kappa shape index (κ3) is 5.47. The van der Waals surface area contributed by atoms with Crippen LogP contribution in [0.25, 0.3) is 0 Å². The molecular weight excluding hydrogens is 420 g/mol. The van der Waals surface area contributed by atoms with Crippen molar-refractivity contribution in [3.05, 3.63) is 35.9 Å². The van der Waals surface area contributed by atoms with Gasteiger partial charge in [0.2, 0.25) is 0 Å². The Morgan fingerprint density at radius 3 is 2.62 bits per heavy atom. The number of esters is 2. The van der Waals surface area contributed by atoms with Crippen LogP contribution in [-0.2, 0) is 38.0 Å². The van der Waals surface area contributed by atoms with Gasteiger partial charge < -0.3 is 33.2 Å². The molecule has 1 aromatic rings. The Bertz CT molecular complexity index is 790. The van der Waals surface area contributed by atoms with E-state index in [0.717, 1.165) is 19.3 Å². The number of carbonyl (C=O) groups is 2. The highest BCUT2D eigenvalue weighted by Gasteiger charge is 2.59. The average molecular weight is 450 g/mol. The van der Waals surface area contributed by atoms with E-state index in [1.165, 1.54) is 6.92 Å². The van der Waals surface area contributed by atoms with E-state index < -0.39 is 48.4 Å². The molecule has 32 heavy (non-hydrogen) atoms. The van der Waals surface area contributed by atoms with Crippen molar-refractivity contribution in [3.63, 3.8) is 0 Å². The molecule has 0 bridgehead atoms. The van der Waals surface area contributed by atoms with Crippen molar-refractivity contribution < 1.29 is 42.7 Å². The Morgan fingerprint density at radius 1 is 1.16 bits per heavy atom. The van der Waals surface area contributed by atoms with E-state index in [-0.39, 0.29) is 12.9 Å². The summed E-state index contributed by atoms with van der Waals surface area (Å²) in [6.07, 6.45) is -1.61. The van der Waals surface area contributed by atoms with Crippen LogP contribution in [-0.4, -0.2) is 67.9 Å². The molecular formula is C23H30O9. The summed E-state index contributed by atoms with van der Waals surface area (Å²) in [5.74, 6) is -1.93. The predicted octanol–water partition coefficient (Wildman–Crippen LogP) is 2.56. The SMILES string of the molecule is CC(=O)O[C@@H](COC1CCCCO1)[C@@H]1O[C@H]2OC(C)(C)O[C@H]2[C@@H]1OC(=O)c1ccccc1. The predicted molar refractivity (Wildman–Crippen MR) is 109 cm³/mol. The number of ether oxygens (including phenoxy) is 7. The molecule has 1 aromatic carbocycles. The number of hydrogen-bond donors (Lipinski definition) is 0. The molecule has 3 aliphatic heterocycles. The van der Waals surface area contributed by atoms with Gasteiger partial charge in [0.25, 0.3) is 0 Å². The van der Waals surface area contributed by atoms with Gasteiger partial charge in [-0.1, -0.05) is 18.2 Å². The monoisotopic (exact) mass is 450 g/mol. The van der Waals surface area contributed by atoms with Gasteiger partial charge in [-0.25, -0.2) is 4.79 Å². The molecule has 176 valence electrons. The zero-order chi connectivity index (χ0) is 22.7. The van der Waals surface area contributed by atoms with Crippen molar-refractivity contribution in [1.82, 2.24) is 0 Å². The molecule has 0 aliphatic carbocycles. The molecule has 3 aliphatic rings. The molecule has 9 nitrogen and oxygen atoms in total. The first kappa shape index (κ1) is 23.1.